The summed E-state index contributed by atoms with van der Waals surface area (Å²) in [5.41, 5.74) is -2.63. The van der Waals surface area contributed by atoms with Crippen LogP contribution >= 0.6 is 0 Å². The molecule has 126 valence electrons. The molecule has 2 heterocycles. The minimum absolute atomic E-state index is 0.0484. The molecule has 2 aliphatic heterocycles. The van der Waals surface area contributed by atoms with E-state index in [1.165, 1.54) is 10.1 Å². The van der Waals surface area contributed by atoms with Crippen LogP contribution in [0.15, 0.2) is 0 Å². The molecule has 6 heteroatoms. The second-order valence-corrected chi connectivity index (χ2v) is 8.68. The summed E-state index contributed by atoms with van der Waals surface area (Å²) in [6.07, 6.45) is 5.46. The molecule has 2 spiro atoms. The van der Waals surface area contributed by atoms with Gasteiger partial charge in [0.1, 0.15) is 11.2 Å². The summed E-state index contributed by atoms with van der Waals surface area (Å²) in [6, 6.07) is 0. The lowest BCUT2D eigenvalue weighted by Crippen LogP contribution is -2.70. The monoisotopic (exact) mass is 311 g/mol. The van der Waals surface area contributed by atoms with Crippen LogP contribution in [-0.4, -0.2) is 48.7 Å². The van der Waals surface area contributed by atoms with Gasteiger partial charge in [-0.1, -0.05) is 19.3 Å². The first kappa shape index (κ1) is 16.2. The maximum atomic E-state index is 12.7. The molecule has 1 aliphatic carbocycles. The number of nitrogens with zero attached hydrogens (tertiary/aromatic N) is 2. The molecule has 0 radical (unpaired) electrons. The van der Waals surface area contributed by atoms with Crippen LogP contribution in [0.3, 0.4) is 0 Å². The molecule has 0 aromatic rings. The number of hydrogen-bond donors (Lipinski definition) is 3. The summed E-state index contributed by atoms with van der Waals surface area (Å²) in [7, 11) is 0. The van der Waals surface area contributed by atoms with Gasteiger partial charge in [-0.05, 0) is 40.5 Å². The maximum absolute atomic E-state index is 12.7. The normalized spacial score (nSPS) is 33.3. The number of carbonyl (C=O) groups is 1. The molecule has 0 bridgehead atoms. The summed E-state index contributed by atoms with van der Waals surface area (Å²) >= 11 is 0. The molecule has 3 fully saturated rings. The summed E-state index contributed by atoms with van der Waals surface area (Å²) in [5.74, 6) is -0.0484. The van der Waals surface area contributed by atoms with Crippen molar-refractivity contribution in [3.63, 3.8) is 0 Å². The lowest BCUT2D eigenvalue weighted by atomic mass is 9.74. The van der Waals surface area contributed by atoms with Gasteiger partial charge in [0.05, 0.1) is 0 Å². The summed E-state index contributed by atoms with van der Waals surface area (Å²) in [4.78, 5) is 12.7. The number of hydrogen-bond acceptors (Lipinski definition) is 5. The number of carbonyl (C=O) groups excluding carboxylic acids is 1. The first-order valence-electron chi connectivity index (χ1n) is 8.37. The predicted molar refractivity (Wildman–Crippen MR) is 81.3 cm³/mol. The van der Waals surface area contributed by atoms with Gasteiger partial charge in [-0.2, -0.15) is 10.1 Å². The van der Waals surface area contributed by atoms with Gasteiger partial charge < -0.3 is 15.7 Å². The van der Waals surface area contributed by atoms with E-state index in [9.17, 15) is 15.2 Å². The van der Waals surface area contributed by atoms with Crippen molar-refractivity contribution in [3.05, 3.63) is 0 Å². The molecular formula is C16H29N3O3. The van der Waals surface area contributed by atoms with Gasteiger partial charge in [0.2, 0.25) is 5.91 Å². The molecule has 3 aliphatic rings. The van der Waals surface area contributed by atoms with Crippen LogP contribution in [0, 0.1) is 0 Å². The second-order valence-electron chi connectivity index (χ2n) is 8.68. The third-order valence-electron chi connectivity index (χ3n) is 5.86. The smallest absolute Gasteiger partial charge is 0.244 e. The van der Waals surface area contributed by atoms with E-state index < -0.39 is 22.3 Å². The molecule has 6 nitrogen and oxygen atoms in total. The Bertz CT molecular complexity index is 465. The van der Waals surface area contributed by atoms with Gasteiger partial charge in [-0.25, -0.2) is 0 Å². The van der Waals surface area contributed by atoms with Crippen molar-refractivity contribution in [3.8, 4) is 0 Å². The fourth-order valence-corrected chi connectivity index (χ4v) is 5.16. The number of nitrogens with one attached hydrogen (secondary N) is 1. The highest BCUT2D eigenvalue weighted by Gasteiger charge is 2.65. The molecular weight excluding hydrogens is 282 g/mol. The molecule has 1 saturated carbocycles. The van der Waals surface area contributed by atoms with Crippen molar-refractivity contribution in [1.82, 2.24) is 15.4 Å². The quantitative estimate of drug-likeness (QED) is 0.640. The van der Waals surface area contributed by atoms with Crippen molar-refractivity contribution in [2.75, 3.05) is 0 Å². The molecule has 3 rings (SSSR count). The predicted octanol–water partition coefficient (Wildman–Crippen LogP) is 2.25. The lowest BCUT2D eigenvalue weighted by Gasteiger charge is -2.57. The van der Waals surface area contributed by atoms with E-state index >= 15 is 0 Å². The Hall–Kier alpha value is -0.690. The SMILES string of the molecule is CC1(C)CC2(CC(C)(C)N1O)NC(=O)C1(CCCCC1)N2O. The first-order valence-corrected chi connectivity index (χ1v) is 8.37. The third-order valence-corrected chi connectivity index (χ3v) is 5.86. The zero-order valence-electron chi connectivity index (χ0n) is 14.1. The van der Waals surface area contributed by atoms with Gasteiger partial charge in [0.25, 0.3) is 0 Å². The Balaban J connectivity index is 1.99. The molecule has 0 aromatic carbocycles. The Morgan fingerprint density at radius 1 is 0.909 bits per heavy atom. The summed E-state index contributed by atoms with van der Waals surface area (Å²) in [6.45, 7) is 7.78. The van der Waals surface area contributed by atoms with Gasteiger partial charge >= 0.3 is 0 Å². The van der Waals surface area contributed by atoms with E-state index in [2.05, 4.69) is 5.32 Å². The zero-order chi connectivity index (χ0) is 16.4. The molecule has 0 aromatic heterocycles. The molecule has 0 unspecified atom stereocenters. The largest absolute Gasteiger partial charge is 0.334 e. The van der Waals surface area contributed by atoms with E-state index in [4.69, 9.17) is 0 Å². The van der Waals surface area contributed by atoms with Crippen molar-refractivity contribution in [2.45, 2.75) is 94.9 Å². The topological polar surface area (TPSA) is 76.0 Å². The van der Waals surface area contributed by atoms with Gasteiger partial charge in [-0.15, -0.1) is 0 Å². The van der Waals surface area contributed by atoms with E-state index in [0.717, 1.165) is 19.3 Å². The zero-order valence-corrected chi connectivity index (χ0v) is 14.1. The molecule has 3 N–H and O–H groups in total. The number of piperidine rings is 1. The minimum Gasteiger partial charge on any atom is -0.334 e. The Labute approximate surface area is 132 Å². The maximum Gasteiger partial charge on any atom is 0.244 e. The van der Waals surface area contributed by atoms with Crippen LogP contribution in [0.25, 0.3) is 0 Å². The fourth-order valence-electron chi connectivity index (χ4n) is 5.16. The van der Waals surface area contributed by atoms with Gasteiger partial charge in [0.15, 0.2) is 0 Å². The van der Waals surface area contributed by atoms with E-state index in [0.29, 0.717) is 25.7 Å². The van der Waals surface area contributed by atoms with Crippen molar-refractivity contribution in [2.24, 2.45) is 0 Å². The molecule has 1 amide bonds. The summed E-state index contributed by atoms with van der Waals surface area (Å²) < 4.78 is 0. The van der Waals surface area contributed by atoms with Crippen molar-refractivity contribution < 1.29 is 15.2 Å². The molecule has 2 saturated heterocycles. The Morgan fingerprint density at radius 3 is 1.91 bits per heavy atom. The van der Waals surface area contributed by atoms with Crippen molar-refractivity contribution >= 4 is 5.91 Å². The van der Waals surface area contributed by atoms with E-state index in [1.807, 2.05) is 27.7 Å². The van der Waals surface area contributed by atoms with Crippen LogP contribution in [0.5, 0.6) is 0 Å². The van der Waals surface area contributed by atoms with Gasteiger partial charge in [0, 0.05) is 23.9 Å². The Morgan fingerprint density at radius 2 is 1.41 bits per heavy atom. The average Bonchev–Trinajstić information content (AvgIpc) is 2.59. The molecule has 0 atom stereocenters. The van der Waals surface area contributed by atoms with Crippen LogP contribution in [0.1, 0.15) is 72.6 Å². The highest BCUT2D eigenvalue weighted by atomic mass is 16.5. The number of hydroxylamine groups is 4. The average molecular weight is 311 g/mol. The number of amides is 1. The standard InChI is InChI=1S/C16H29N3O3/c1-13(2)10-16(11-14(3,4)18(13)21)17-12(20)15(19(16)22)8-6-5-7-9-15/h21-22H,5-11H2,1-4H3,(H,17,20). The minimum atomic E-state index is -0.791. The highest BCUT2D eigenvalue weighted by molar-refractivity contribution is 5.89. The van der Waals surface area contributed by atoms with Crippen LogP contribution in [0.4, 0.5) is 0 Å². The number of rotatable bonds is 0. The third kappa shape index (κ3) is 2.04. The fraction of sp³-hybridized carbons (Fsp3) is 0.938. The van der Waals surface area contributed by atoms with Gasteiger partial charge in [-0.3, -0.25) is 4.79 Å². The van der Waals surface area contributed by atoms with Crippen LogP contribution in [-0.2, 0) is 4.79 Å². The summed E-state index contributed by atoms with van der Waals surface area (Å²) in [5, 5.41) is 27.3. The van der Waals surface area contributed by atoms with E-state index in [-0.39, 0.29) is 5.91 Å². The highest BCUT2D eigenvalue weighted by Crippen LogP contribution is 2.50. The van der Waals surface area contributed by atoms with E-state index in [1.54, 1.807) is 0 Å². The van der Waals surface area contributed by atoms with Crippen LogP contribution in [0.2, 0.25) is 0 Å². The van der Waals surface area contributed by atoms with Crippen LogP contribution < -0.4 is 5.32 Å². The molecule has 22 heavy (non-hydrogen) atoms. The Kier molecular flexibility index (Phi) is 3.43. The first-order chi connectivity index (χ1) is 10.1. The van der Waals surface area contributed by atoms with Crippen molar-refractivity contribution in [1.29, 1.82) is 0 Å². The lowest BCUT2D eigenvalue weighted by molar-refractivity contribution is -0.305. The second kappa shape index (κ2) is 4.66.